The standard InChI is InChI=1S/C21H21ClF2O7/c1-29-14-6-3-10(16(23)17(14)24)7-11-8-12(4-5-13(11)22)21(30-2)20(28)19(27)18(26)15(9-25)31-21/h3-6,8,15,19-20,25,27-28H,7,9H2,1-2H3/t15-,19+,20-,21+/m1/s1. The van der Waals surface area contributed by atoms with Crippen LogP contribution in [0.1, 0.15) is 16.7 Å². The van der Waals surface area contributed by atoms with Gasteiger partial charge in [0.05, 0.1) is 13.7 Å². The maximum absolute atomic E-state index is 14.4. The highest BCUT2D eigenvalue weighted by Crippen LogP contribution is 2.39. The molecule has 1 aliphatic rings. The number of benzene rings is 2. The minimum absolute atomic E-state index is 0.00243. The van der Waals surface area contributed by atoms with Crippen LogP contribution in [0.15, 0.2) is 30.3 Å². The Hall–Kier alpha value is -2.14. The molecule has 10 heteroatoms. The summed E-state index contributed by atoms with van der Waals surface area (Å²) in [6, 6.07) is 6.91. The zero-order valence-corrected chi connectivity index (χ0v) is 17.4. The summed E-state index contributed by atoms with van der Waals surface area (Å²) >= 11 is 6.24. The van der Waals surface area contributed by atoms with Crippen molar-refractivity contribution in [1.82, 2.24) is 0 Å². The van der Waals surface area contributed by atoms with Gasteiger partial charge in [-0.25, -0.2) is 4.39 Å². The summed E-state index contributed by atoms with van der Waals surface area (Å²) in [5, 5.41) is 30.4. The third-order valence-electron chi connectivity index (χ3n) is 5.26. The molecule has 4 atom stereocenters. The lowest BCUT2D eigenvalue weighted by Crippen LogP contribution is -2.62. The molecular formula is C21H21ClF2O7. The Bertz CT molecular complexity index is 982. The van der Waals surface area contributed by atoms with E-state index in [0.717, 1.165) is 0 Å². The van der Waals surface area contributed by atoms with E-state index < -0.39 is 48.1 Å². The molecule has 7 nitrogen and oxygen atoms in total. The monoisotopic (exact) mass is 458 g/mol. The van der Waals surface area contributed by atoms with Crippen molar-refractivity contribution in [3.8, 4) is 5.75 Å². The van der Waals surface area contributed by atoms with E-state index in [1.807, 2.05) is 0 Å². The van der Waals surface area contributed by atoms with Gasteiger partial charge in [-0.3, -0.25) is 4.79 Å². The van der Waals surface area contributed by atoms with Crippen molar-refractivity contribution in [3.63, 3.8) is 0 Å². The number of carbonyl (C=O) groups is 1. The van der Waals surface area contributed by atoms with Crippen molar-refractivity contribution >= 4 is 17.4 Å². The van der Waals surface area contributed by atoms with Crippen LogP contribution in [0.25, 0.3) is 0 Å². The number of aliphatic hydroxyl groups is 3. The molecule has 168 valence electrons. The molecule has 0 spiro atoms. The van der Waals surface area contributed by atoms with Gasteiger partial charge in [-0.05, 0) is 29.3 Å². The van der Waals surface area contributed by atoms with E-state index in [-0.39, 0.29) is 28.3 Å². The molecule has 2 aromatic rings. The summed E-state index contributed by atoms with van der Waals surface area (Å²) in [4.78, 5) is 12.0. The molecular weight excluding hydrogens is 438 g/mol. The molecule has 0 amide bonds. The summed E-state index contributed by atoms with van der Waals surface area (Å²) in [6.45, 7) is -0.746. The lowest BCUT2D eigenvalue weighted by atomic mass is 9.87. The highest BCUT2D eigenvalue weighted by Gasteiger charge is 2.55. The number of methoxy groups -OCH3 is 2. The predicted molar refractivity (Wildman–Crippen MR) is 105 cm³/mol. The number of ketones is 1. The van der Waals surface area contributed by atoms with Crippen LogP contribution < -0.4 is 4.74 Å². The van der Waals surface area contributed by atoms with Crippen LogP contribution in [0.3, 0.4) is 0 Å². The maximum Gasteiger partial charge on any atom is 0.225 e. The number of aliphatic hydroxyl groups excluding tert-OH is 3. The second-order valence-electron chi connectivity index (χ2n) is 6.99. The fourth-order valence-corrected chi connectivity index (χ4v) is 3.73. The van der Waals surface area contributed by atoms with Crippen LogP contribution in [0.5, 0.6) is 5.75 Å². The van der Waals surface area contributed by atoms with Crippen LogP contribution in [0.2, 0.25) is 5.02 Å². The number of hydrogen-bond donors (Lipinski definition) is 3. The van der Waals surface area contributed by atoms with Crippen LogP contribution in [0, 0.1) is 11.6 Å². The first-order chi connectivity index (χ1) is 14.7. The Morgan fingerprint density at radius 1 is 1.13 bits per heavy atom. The molecule has 31 heavy (non-hydrogen) atoms. The molecule has 0 aliphatic carbocycles. The Kier molecular flexibility index (Phi) is 6.95. The molecule has 0 saturated carbocycles. The van der Waals surface area contributed by atoms with Crippen molar-refractivity contribution in [2.75, 3.05) is 20.8 Å². The van der Waals surface area contributed by atoms with E-state index in [1.165, 1.54) is 44.6 Å². The minimum Gasteiger partial charge on any atom is -0.494 e. The van der Waals surface area contributed by atoms with Gasteiger partial charge in [0.15, 0.2) is 17.3 Å². The van der Waals surface area contributed by atoms with Gasteiger partial charge >= 0.3 is 0 Å². The maximum atomic E-state index is 14.4. The van der Waals surface area contributed by atoms with Crippen molar-refractivity contribution in [2.24, 2.45) is 0 Å². The van der Waals surface area contributed by atoms with Crippen molar-refractivity contribution in [3.05, 3.63) is 63.7 Å². The van der Waals surface area contributed by atoms with E-state index in [0.29, 0.717) is 5.56 Å². The van der Waals surface area contributed by atoms with Gasteiger partial charge in [-0.15, -0.1) is 0 Å². The average molecular weight is 459 g/mol. The second-order valence-corrected chi connectivity index (χ2v) is 7.40. The fourth-order valence-electron chi connectivity index (χ4n) is 3.54. The summed E-state index contributed by atoms with van der Waals surface area (Å²) < 4.78 is 44.2. The molecule has 1 heterocycles. The van der Waals surface area contributed by atoms with Gasteiger partial charge in [-0.1, -0.05) is 23.7 Å². The van der Waals surface area contributed by atoms with Crippen LogP contribution in [-0.4, -0.2) is 60.2 Å². The number of Topliss-reactive ketones (excluding diaryl/α,β-unsaturated/α-hetero) is 1. The van der Waals surface area contributed by atoms with Gasteiger partial charge in [0, 0.05) is 24.1 Å². The highest BCUT2D eigenvalue weighted by molar-refractivity contribution is 6.31. The van der Waals surface area contributed by atoms with Crippen molar-refractivity contribution in [1.29, 1.82) is 0 Å². The Balaban J connectivity index is 2.04. The Labute approximate surface area is 181 Å². The van der Waals surface area contributed by atoms with E-state index in [9.17, 15) is 28.9 Å². The molecule has 1 saturated heterocycles. The Morgan fingerprint density at radius 2 is 1.84 bits per heavy atom. The number of carbonyl (C=O) groups excluding carboxylic acids is 1. The lowest BCUT2D eigenvalue weighted by Gasteiger charge is -2.44. The summed E-state index contributed by atoms with van der Waals surface area (Å²) in [5.74, 6) is -5.39. The zero-order valence-electron chi connectivity index (χ0n) is 16.6. The third-order valence-corrected chi connectivity index (χ3v) is 5.63. The van der Waals surface area contributed by atoms with Crippen molar-refractivity contribution < 1.29 is 43.1 Å². The van der Waals surface area contributed by atoms with Gasteiger partial charge in [-0.2, -0.15) is 4.39 Å². The van der Waals surface area contributed by atoms with Gasteiger partial charge in [0.2, 0.25) is 11.6 Å². The summed E-state index contributed by atoms with van der Waals surface area (Å²) in [5.41, 5.74) is 0.487. The topological polar surface area (TPSA) is 105 Å². The smallest absolute Gasteiger partial charge is 0.225 e. The number of hydrogen-bond acceptors (Lipinski definition) is 7. The first-order valence-electron chi connectivity index (χ1n) is 9.23. The number of rotatable bonds is 6. The molecule has 3 rings (SSSR count). The minimum atomic E-state index is -2.01. The average Bonchev–Trinajstić information content (AvgIpc) is 2.77. The molecule has 0 aromatic heterocycles. The summed E-state index contributed by atoms with van der Waals surface area (Å²) in [7, 11) is 2.41. The highest BCUT2D eigenvalue weighted by atomic mass is 35.5. The first kappa shape index (κ1) is 23.5. The van der Waals surface area contributed by atoms with Gasteiger partial charge in [0.1, 0.15) is 18.3 Å². The predicted octanol–water partition coefficient (Wildman–Crippen LogP) is 1.70. The van der Waals surface area contributed by atoms with E-state index in [4.69, 9.17) is 25.8 Å². The van der Waals surface area contributed by atoms with Crippen molar-refractivity contribution in [2.45, 2.75) is 30.5 Å². The number of ether oxygens (including phenoxy) is 3. The Morgan fingerprint density at radius 3 is 2.45 bits per heavy atom. The SMILES string of the molecule is COc1ccc(Cc2cc([C@]3(OC)O[C@H](CO)C(=O)[C@H](O)[C@H]3O)ccc2Cl)c(F)c1F. The molecule has 0 bridgehead atoms. The van der Waals surface area contributed by atoms with Gasteiger partial charge < -0.3 is 29.5 Å². The molecule has 2 aromatic carbocycles. The molecule has 0 unspecified atom stereocenters. The van der Waals surface area contributed by atoms with E-state index in [2.05, 4.69) is 0 Å². The lowest BCUT2D eigenvalue weighted by molar-refractivity contribution is -0.327. The van der Waals surface area contributed by atoms with E-state index >= 15 is 0 Å². The second kappa shape index (κ2) is 9.15. The summed E-state index contributed by atoms with van der Waals surface area (Å²) in [6.07, 6.45) is -5.26. The fraction of sp³-hybridized carbons (Fsp3) is 0.381. The first-order valence-corrected chi connectivity index (χ1v) is 9.61. The normalized spacial score (nSPS) is 26.2. The zero-order chi connectivity index (χ0) is 22.9. The molecule has 1 fully saturated rings. The molecule has 1 aliphatic heterocycles. The van der Waals surface area contributed by atoms with Crippen LogP contribution in [0.4, 0.5) is 8.78 Å². The molecule has 3 N–H and O–H groups in total. The van der Waals surface area contributed by atoms with E-state index in [1.54, 1.807) is 0 Å². The molecule has 0 radical (unpaired) electrons. The van der Waals surface area contributed by atoms with Crippen LogP contribution >= 0.6 is 11.6 Å². The quantitative estimate of drug-likeness (QED) is 0.605. The number of halogens is 3. The largest absolute Gasteiger partial charge is 0.494 e. The van der Waals surface area contributed by atoms with Gasteiger partial charge in [0.25, 0.3) is 0 Å². The van der Waals surface area contributed by atoms with Crippen LogP contribution in [-0.2, 0) is 26.5 Å². The third kappa shape index (κ3) is 4.05.